The Kier molecular flexibility index (Phi) is 6.89. The van der Waals surface area contributed by atoms with Crippen LogP contribution in [-0.4, -0.2) is 31.2 Å². The second-order valence-electron chi connectivity index (χ2n) is 7.10. The molecule has 9 nitrogen and oxygen atoms in total. The minimum Gasteiger partial charge on any atom is -0.494 e. The van der Waals surface area contributed by atoms with E-state index in [2.05, 4.69) is 10.6 Å². The molecule has 0 atom stereocenters. The predicted molar refractivity (Wildman–Crippen MR) is 139 cm³/mol. The molecule has 0 saturated heterocycles. The lowest BCUT2D eigenvalue weighted by Gasteiger charge is -2.13. The molecule has 0 fully saturated rings. The molecule has 0 radical (unpaired) electrons. The van der Waals surface area contributed by atoms with Gasteiger partial charge in [-0.3, -0.25) is 4.79 Å². The summed E-state index contributed by atoms with van der Waals surface area (Å²) in [5, 5.41) is 17.4. The monoisotopic (exact) mass is 572 g/mol. The van der Waals surface area contributed by atoms with Gasteiger partial charge in [-0.1, -0.05) is 34.8 Å². The van der Waals surface area contributed by atoms with E-state index < -0.39 is 21.6 Å². The van der Waals surface area contributed by atoms with Gasteiger partial charge in [0.1, 0.15) is 8.55 Å². The molecule has 4 N–H and O–H groups in total. The number of amides is 2. The summed E-state index contributed by atoms with van der Waals surface area (Å²) in [6.07, 6.45) is 0. The molecule has 4 aromatic rings. The number of hydrogen-bond donors (Lipinski definition) is 4. The Balaban J connectivity index is 1.57. The Morgan fingerprint density at radius 3 is 2.31 bits per heavy atom. The van der Waals surface area contributed by atoms with E-state index in [0.717, 1.165) is 10.6 Å². The Morgan fingerprint density at radius 2 is 1.71 bits per heavy atom. The SMILES string of the molecule is CNc1cc2cc(=O)n(-c3ccc(NC(=O)NS(=O)(=O)c4cc(Cl)c(Cl)s4)cc3)c(O)c2cc1Cl. The van der Waals surface area contributed by atoms with Crippen molar-refractivity contribution >= 4 is 84.3 Å². The summed E-state index contributed by atoms with van der Waals surface area (Å²) in [6.45, 7) is 0. The zero-order chi connectivity index (χ0) is 25.5. The summed E-state index contributed by atoms with van der Waals surface area (Å²) in [6, 6.07) is 10.5. The van der Waals surface area contributed by atoms with Crippen molar-refractivity contribution < 1.29 is 18.3 Å². The van der Waals surface area contributed by atoms with Crippen LogP contribution in [0.4, 0.5) is 16.2 Å². The van der Waals surface area contributed by atoms with Gasteiger partial charge in [-0.05, 0) is 47.9 Å². The van der Waals surface area contributed by atoms with Gasteiger partial charge >= 0.3 is 6.03 Å². The van der Waals surface area contributed by atoms with Crippen LogP contribution >= 0.6 is 46.1 Å². The number of rotatable bonds is 5. The highest BCUT2D eigenvalue weighted by Crippen LogP contribution is 2.34. The molecular formula is C21H15Cl3N4O5S2. The predicted octanol–water partition coefficient (Wildman–Crippen LogP) is 5.27. The maximum absolute atomic E-state index is 12.7. The van der Waals surface area contributed by atoms with Gasteiger partial charge in [0.15, 0.2) is 0 Å². The van der Waals surface area contributed by atoms with Gasteiger partial charge in [-0.25, -0.2) is 22.5 Å². The average Bonchev–Trinajstić information content (AvgIpc) is 3.14. The van der Waals surface area contributed by atoms with E-state index in [1.165, 1.54) is 30.3 Å². The number of nitrogens with zero attached hydrogens (tertiary/aromatic N) is 1. The van der Waals surface area contributed by atoms with Crippen LogP contribution in [0.25, 0.3) is 16.5 Å². The van der Waals surface area contributed by atoms with E-state index in [9.17, 15) is 23.1 Å². The van der Waals surface area contributed by atoms with Gasteiger partial charge in [0, 0.05) is 24.2 Å². The molecule has 0 aliphatic carbocycles. The molecule has 2 heterocycles. The largest absolute Gasteiger partial charge is 0.494 e. The number of anilines is 2. The van der Waals surface area contributed by atoms with Gasteiger partial charge in [0.25, 0.3) is 15.6 Å². The van der Waals surface area contributed by atoms with Gasteiger partial charge in [0.05, 0.1) is 21.4 Å². The molecule has 2 aromatic heterocycles. The molecule has 2 aromatic carbocycles. The Labute approximate surface area is 217 Å². The lowest BCUT2D eigenvalue weighted by atomic mass is 10.1. The molecule has 0 bridgehead atoms. The second-order valence-corrected chi connectivity index (χ2v) is 11.5. The first-order valence-corrected chi connectivity index (χ1v) is 13.1. The van der Waals surface area contributed by atoms with Crippen molar-refractivity contribution in [3.8, 4) is 11.6 Å². The number of urea groups is 1. The Hall–Kier alpha value is -2.96. The molecule has 2 amide bonds. The fraction of sp³-hybridized carbons (Fsp3) is 0.0476. The van der Waals surface area contributed by atoms with Gasteiger partial charge < -0.3 is 15.7 Å². The average molecular weight is 574 g/mol. The number of benzene rings is 2. The second kappa shape index (κ2) is 9.59. The number of carbonyl (C=O) groups excluding carboxylic acids is 1. The Morgan fingerprint density at radius 1 is 1.03 bits per heavy atom. The molecule has 182 valence electrons. The highest BCUT2D eigenvalue weighted by molar-refractivity contribution is 7.92. The number of hydrogen-bond acceptors (Lipinski definition) is 7. The zero-order valence-corrected chi connectivity index (χ0v) is 21.5. The van der Waals surface area contributed by atoms with Crippen molar-refractivity contribution in [2.24, 2.45) is 0 Å². The van der Waals surface area contributed by atoms with Crippen LogP contribution < -0.4 is 20.9 Å². The number of thiophene rings is 1. The number of sulfonamides is 1. The van der Waals surface area contributed by atoms with Crippen molar-refractivity contribution in [2.75, 3.05) is 17.7 Å². The third-order valence-electron chi connectivity index (χ3n) is 4.86. The molecule has 35 heavy (non-hydrogen) atoms. The van der Waals surface area contributed by atoms with E-state index in [1.807, 2.05) is 4.72 Å². The fourth-order valence-electron chi connectivity index (χ4n) is 3.25. The topological polar surface area (TPSA) is 130 Å². The Bertz CT molecular complexity index is 1610. The maximum atomic E-state index is 12.7. The number of carbonyl (C=O) groups is 1. The summed E-state index contributed by atoms with van der Waals surface area (Å²) in [5.41, 5.74) is 0.664. The highest BCUT2D eigenvalue weighted by atomic mass is 35.5. The number of halogens is 3. The van der Waals surface area contributed by atoms with Crippen molar-refractivity contribution in [2.45, 2.75) is 4.21 Å². The summed E-state index contributed by atoms with van der Waals surface area (Å²) in [4.78, 5) is 24.9. The van der Waals surface area contributed by atoms with Crippen LogP contribution in [0.2, 0.25) is 14.4 Å². The standard InChI is InChI=1S/C21H15Cl3N4O5S2/c1-25-16-6-10-7-17(29)28(20(30)13(10)8-14(16)22)12-4-2-11(3-5-12)26-21(31)27-35(32,33)18-9-15(23)19(24)34-18/h2-9,25,30H,1H3,(H2,26,27,31). The molecule has 4 rings (SSSR count). The number of pyridine rings is 1. The molecule has 14 heteroatoms. The normalized spacial score (nSPS) is 11.4. The number of fused-ring (bicyclic) bond motifs is 1. The fourth-order valence-corrected chi connectivity index (χ4v) is 6.29. The maximum Gasteiger partial charge on any atom is 0.333 e. The molecular weight excluding hydrogens is 559 g/mol. The third-order valence-corrected chi connectivity index (χ3v) is 8.84. The van der Waals surface area contributed by atoms with Crippen molar-refractivity contribution in [3.05, 3.63) is 73.3 Å². The van der Waals surface area contributed by atoms with Crippen LogP contribution in [-0.2, 0) is 10.0 Å². The number of aromatic nitrogens is 1. The van der Waals surface area contributed by atoms with Crippen molar-refractivity contribution in [1.82, 2.24) is 9.29 Å². The first-order chi connectivity index (χ1) is 16.5. The first kappa shape index (κ1) is 25.1. The molecule has 0 aliphatic rings. The number of nitrogens with one attached hydrogen (secondary N) is 3. The lowest BCUT2D eigenvalue weighted by Crippen LogP contribution is -2.33. The van der Waals surface area contributed by atoms with E-state index in [-0.39, 0.29) is 25.1 Å². The van der Waals surface area contributed by atoms with E-state index >= 15 is 0 Å². The van der Waals surface area contributed by atoms with Gasteiger partial charge in [-0.15, -0.1) is 11.3 Å². The smallest absolute Gasteiger partial charge is 0.333 e. The summed E-state index contributed by atoms with van der Waals surface area (Å²) in [5.74, 6) is -0.310. The van der Waals surface area contributed by atoms with Gasteiger partial charge in [0.2, 0.25) is 5.88 Å². The van der Waals surface area contributed by atoms with Gasteiger partial charge in [-0.2, -0.15) is 0 Å². The number of aromatic hydroxyl groups is 1. The quantitative estimate of drug-likeness (QED) is 0.257. The minimum atomic E-state index is -4.18. The summed E-state index contributed by atoms with van der Waals surface area (Å²) < 4.78 is 27.5. The molecule has 0 unspecified atom stereocenters. The molecule has 0 saturated carbocycles. The van der Waals surface area contributed by atoms with Crippen LogP contribution in [0.5, 0.6) is 5.88 Å². The lowest BCUT2D eigenvalue weighted by molar-refractivity contribution is 0.256. The molecule has 0 spiro atoms. The van der Waals surface area contributed by atoms with E-state index in [1.54, 1.807) is 19.2 Å². The highest BCUT2D eigenvalue weighted by Gasteiger charge is 2.22. The summed E-state index contributed by atoms with van der Waals surface area (Å²) >= 11 is 18.5. The van der Waals surface area contributed by atoms with Crippen molar-refractivity contribution in [3.63, 3.8) is 0 Å². The third kappa shape index (κ3) is 5.04. The van der Waals surface area contributed by atoms with E-state index in [0.29, 0.717) is 38.5 Å². The van der Waals surface area contributed by atoms with Crippen LogP contribution in [0, 0.1) is 0 Å². The zero-order valence-electron chi connectivity index (χ0n) is 17.6. The molecule has 0 aliphatic heterocycles. The van der Waals surface area contributed by atoms with Crippen LogP contribution in [0.15, 0.2) is 57.5 Å². The van der Waals surface area contributed by atoms with Crippen LogP contribution in [0.1, 0.15) is 0 Å². The van der Waals surface area contributed by atoms with Crippen molar-refractivity contribution in [1.29, 1.82) is 0 Å². The first-order valence-electron chi connectivity index (χ1n) is 9.65. The summed E-state index contributed by atoms with van der Waals surface area (Å²) in [7, 11) is -2.49. The minimum absolute atomic E-state index is 0.0602. The van der Waals surface area contributed by atoms with E-state index in [4.69, 9.17) is 34.8 Å². The van der Waals surface area contributed by atoms with Crippen LogP contribution in [0.3, 0.4) is 0 Å².